The number of carbonyl (C=O) groups is 1. The fraction of sp³-hybridized carbons (Fsp3) is 0.750. The average molecular weight is 195 g/mol. The quantitative estimate of drug-likeness (QED) is 0.661. The molecule has 0 heterocycles. The Morgan fingerprint density at radius 2 is 2.14 bits per heavy atom. The molecule has 2 nitrogen and oxygen atoms in total. The molecule has 1 fully saturated rings. The van der Waals surface area contributed by atoms with Gasteiger partial charge < -0.3 is 5.73 Å². The molecule has 2 N–H and O–H groups in total. The molecular formula is C12H21NO. The minimum absolute atomic E-state index is 0.158. The highest BCUT2D eigenvalue weighted by Crippen LogP contribution is 2.43. The van der Waals surface area contributed by atoms with Gasteiger partial charge in [0.05, 0.1) is 0 Å². The molecule has 80 valence electrons. The average Bonchev–Trinajstić information content (AvgIpc) is 2.11. The van der Waals surface area contributed by atoms with Crippen molar-refractivity contribution in [2.75, 3.05) is 6.54 Å². The molecule has 0 radical (unpaired) electrons. The number of ketones is 1. The van der Waals surface area contributed by atoms with Crippen LogP contribution in [0, 0.1) is 5.41 Å². The van der Waals surface area contributed by atoms with Crippen molar-refractivity contribution in [3.8, 4) is 0 Å². The Morgan fingerprint density at radius 3 is 2.50 bits per heavy atom. The van der Waals surface area contributed by atoms with E-state index in [-0.39, 0.29) is 5.41 Å². The van der Waals surface area contributed by atoms with E-state index < -0.39 is 0 Å². The third kappa shape index (κ3) is 2.68. The molecular weight excluding hydrogens is 174 g/mol. The first-order valence-electron chi connectivity index (χ1n) is 5.50. The first-order valence-corrected chi connectivity index (χ1v) is 5.50. The lowest BCUT2D eigenvalue weighted by atomic mass is 9.65. The summed E-state index contributed by atoms with van der Waals surface area (Å²) in [6.07, 6.45) is 5.63. The van der Waals surface area contributed by atoms with Crippen molar-refractivity contribution >= 4 is 5.78 Å². The topological polar surface area (TPSA) is 43.1 Å². The van der Waals surface area contributed by atoms with Gasteiger partial charge in [-0.25, -0.2) is 0 Å². The molecule has 0 aromatic carbocycles. The second-order valence-electron chi connectivity index (χ2n) is 4.55. The normalized spacial score (nSPS) is 18.7. The molecule has 0 spiro atoms. The van der Waals surface area contributed by atoms with Crippen LogP contribution >= 0.6 is 0 Å². The minimum atomic E-state index is 0.158. The molecule has 0 saturated heterocycles. The summed E-state index contributed by atoms with van der Waals surface area (Å²) in [6.45, 7) is 6.56. The smallest absolute Gasteiger partial charge is 0.137 e. The lowest BCUT2D eigenvalue weighted by Crippen LogP contribution is -2.39. The minimum Gasteiger partial charge on any atom is -0.330 e. The van der Waals surface area contributed by atoms with Crippen molar-refractivity contribution in [3.63, 3.8) is 0 Å². The highest BCUT2D eigenvalue weighted by molar-refractivity contribution is 5.81. The summed E-state index contributed by atoms with van der Waals surface area (Å²) in [5.74, 6) is 0.321. The molecule has 1 aliphatic rings. The number of carbonyl (C=O) groups excluding carboxylic acids is 1. The Kier molecular flexibility index (Phi) is 3.87. The van der Waals surface area contributed by atoms with Crippen LogP contribution in [0.25, 0.3) is 0 Å². The van der Waals surface area contributed by atoms with Gasteiger partial charge in [-0.15, -0.1) is 0 Å². The van der Waals surface area contributed by atoms with Crippen LogP contribution in [0.3, 0.4) is 0 Å². The highest BCUT2D eigenvalue weighted by atomic mass is 16.1. The van der Waals surface area contributed by atoms with E-state index in [0.717, 1.165) is 24.8 Å². The molecule has 0 atom stereocenters. The predicted octanol–water partition coefficient (Wildman–Crippen LogP) is 2.43. The van der Waals surface area contributed by atoms with Crippen LogP contribution in [0.1, 0.15) is 45.4 Å². The highest BCUT2D eigenvalue weighted by Gasteiger charge is 2.37. The van der Waals surface area contributed by atoms with Gasteiger partial charge in [-0.1, -0.05) is 25.5 Å². The molecule has 0 unspecified atom stereocenters. The van der Waals surface area contributed by atoms with E-state index in [0.29, 0.717) is 25.2 Å². The number of allylic oxidation sites excluding steroid dienone is 1. The number of rotatable bonds is 6. The largest absolute Gasteiger partial charge is 0.330 e. The summed E-state index contributed by atoms with van der Waals surface area (Å²) in [5.41, 5.74) is 6.91. The Bertz CT molecular complexity index is 223. The van der Waals surface area contributed by atoms with Gasteiger partial charge in [0.15, 0.2) is 0 Å². The van der Waals surface area contributed by atoms with Crippen LogP contribution in [0.2, 0.25) is 0 Å². The van der Waals surface area contributed by atoms with E-state index in [1.54, 1.807) is 0 Å². The molecule has 0 aliphatic heterocycles. The fourth-order valence-corrected chi connectivity index (χ4v) is 2.01. The Morgan fingerprint density at radius 1 is 1.50 bits per heavy atom. The Balaban J connectivity index is 2.36. The molecule has 14 heavy (non-hydrogen) atoms. The first-order chi connectivity index (χ1) is 6.62. The second kappa shape index (κ2) is 4.74. The standard InChI is InChI=1S/C12H21NO/c1-3-10(2)7-11(14)8-12(9-13)5-4-6-12/h2-9,13H2,1H3. The van der Waals surface area contributed by atoms with Crippen LogP contribution < -0.4 is 5.73 Å². The van der Waals surface area contributed by atoms with Crippen LogP contribution in [0.5, 0.6) is 0 Å². The summed E-state index contributed by atoms with van der Waals surface area (Å²) in [6, 6.07) is 0. The zero-order valence-corrected chi connectivity index (χ0v) is 9.14. The number of hydrogen-bond donors (Lipinski definition) is 1. The summed E-state index contributed by atoms with van der Waals surface area (Å²) in [4.78, 5) is 11.7. The van der Waals surface area contributed by atoms with Crippen LogP contribution in [-0.2, 0) is 4.79 Å². The van der Waals surface area contributed by atoms with Gasteiger partial charge in [0.25, 0.3) is 0 Å². The molecule has 1 saturated carbocycles. The third-order valence-electron chi connectivity index (χ3n) is 3.37. The van der Waals surface area contributed by atoms with Gasteiger partial charge in [-0.3, -0.25) is 4.79 Å². The van der Waals surface area contributed by atoms with Crippen molar-refractivity contribution in [1.29, 1.82) is 0 Å². The second-order valence-corrected chi connectivity index (χ2v) is 4.55. The predicted molar refractivity (Wildman–Crippen MR) is 59.0 cm³/mol. The number of hydrogen-bond acceptors (Lipinski definition) is 2. The lowest BCUT2D eigenvalue weighted by molar-refractivity contribution is -0.122. The fourth-order valence-electron chi connectivity index (χ4n) is 2.01. The summed E-state index contributed by atoms with van der Waals surface area (Å²) in [7, 11) is 0. The molecule has 0 bridgehead atoms. The maximum Gasteiger partial charge on any atom is 0.137 e. The van der Waals surface area contributed by atoms with E-state index in [1.807, 2.05) is 6.92 Å². The van der Waals surface area contributed by atoms with E-state index in [4.69, 9.17) is 5.73 Å². The van der Waals surface area contributed by atoms with Gasteiger partial charge in [-0.05, 0) is 31.2 Å². The summed E-state index contributed by atoms with van der Waals surface area (Å²) < 4.78 is 0. The number of nitrogens with two attached hydrogens (primary N) is 1. The molecule has 0 amide bonds. The third-order valence-corrected chi connectivity index (χ3v) is 3.37. The lowest BCUT2D eigenvalue weighted by Gasteiger charge is -2.40. The maximum atomic E-state index is 11.7. The van der Waals surface area contributed by atoms with Crippen molar-refractivity contribution in [2.45, 2.75) is 45.4 Å². The molecule has 0 aromatic heterocycles. The maximum absolute atomic E-state index is 11.7. The molecule has 2 heteroatoms. The van der Waals surface area contributed by atoms with Gasteiger partial charge in [0.1, 0.15) is 5.78 Å². The van der Waals surface area contributed by atoms with Crippen LogP contribution in [0.15, 0.2) is 12.2 Å². The van der Waals surface area contributed by atoms with Crippen LogP contribution in [0.4, 0.5) is 0 Å². The number of Topliss-reactive ketones (excluding diaryl/α,β-unsaturated/α-hetero) is 1. The van der Waals surface area contributed by atoms with Crippen molar-refractivity contribution < 1.29 is 4.79 Å². The van der Waals surface area contributed by atoms with Crippen molar-refractivity contribution in [2.24, 2.45) is 11.1 Å². The zero-order chi connectivity index (χ0) is 10.6. The summed E-state index contributed by atoms with van der Waals surface area (Å²) in [5, 5.41) is 0. The SMILES string of the molecule is C=C(CC)CC(=O)CC1(CN)CCC1. The molecule has 0 aromatic rings. The van der Waals surface area contributed by atoms with Gasteiger partial charge >= 0.3 is 0 Å². The Hall–Kier alpha value is -0.630. The summed E-state index contributed by atoms with van der Waals surface area (Å²) >= 11 is 0. The van der Waals surface area contributed by atoms with Crippen molar-refractivity contribution in [1.82, 2.24) is 0 Å². The van der Waals surface area contributed by atoms with Crippen molar-refractivity contribution in [3.05, 3.63) is 12.2 Å². The zero-order valence-electron chi connectivity index (χ0n) is 9.14. The Labute approximate surface area is 86.6 Å². The van der Waals surface area contributed by atoms with E-state index >= 15 is 0 Å². The monoisotopic (exact) mass is 195 g/mol. The van der Waals surface area contributed by atoms with E-state index in [9.17, 15) is 4.79 Å². The van der Waals surface area contributed by atoms with E-state index in [2.05, 4.69) is 6.58 Å². The van der Waals surface area contributed by atoms with Crippen LogP contribution in [-0.4, -0.2) is 12.3 Å². The van der Waals surface area contributed by atoms with Gasteiger partial charge in [0.2, 0.25) is 0 Å². The van der Waals surface area contributed by atoms with Gasteiger partial charge in [-0.2, -0.15) is 0 Å². The molecule has 1 aliphatic carbocycles. The van der Waals surface area contributed by atoms with Gasteiger partial charge in [0, 0.05) is 12.8 Å². The molecule has 1 rings (SSSR count). The van der Waals surface area contributed by atoms with E-state index in [1.165, 1.54) is 6.42 Å². The first kappa shape index (κ1) is 11.4.